The summed E-state index contributed by atoms with van der Waals surface area (Å²) in [5.74, 6) is -6.87. The first-order valence-corrected chi connectivity index (χ1v) is 9.78. The van der Waals surface area contributed by atoms with Gasteiger partial charge in [0.05, 0.1) is 5.60 Å². The first kappa shape index (κ1) is 25.7. The summed E-state index contributed by atoms with van der Waals surface area (Å²) >= 11 is 0. The molecule has 2 heterocycles. The van der Waals surface area contributed by atoms with E-state index in [0.717, 1.165) is 6.20 Å². The third-order valence-corrected chi connectivity index (χ3v) is 4.51. The third-order valence-electron chi connectivity index (χ3n) is 4.51. The molecule has 0 amide bonds. The van der Waals surface area contributed by atoms with Gasteiger partial charge in [0, 0.05) is 23.9 Å². The molecule has 0 aliphatic heterocycles. The van der Waals surface area contributed by atoms with Crippen LogP contribution in [0.15, 0.2) is 24.2 Å². The lowest BCUT2D eigenvalue weighted by molar-refractivity contribution is -0.141. The number of halogens is 6. The number of allylic oxidation sites excluding steroid dienone is 1. The quantitative estimate of drug-likeness (QED) is 0.328. The third kappa shape index (κ3) is 5.58. The first-order valence-electron chi connectivity index (χ1n) is 9.78. The smallest absolute Gasteiger partial charge is 0.387 e. The van der Waals surface area contributed by atoms with E-state index in [2.05, 4.69) is 30.7 Å². The van der Waals surface area contributed by atoms with Gasteiger partial charge < -0.3 is 10.4 Å². The maximum absolute atomic E-state index is 14.8. The summed E-state index contributed by atoms with van der Waals surface area (Å²) in [4.78, 5) is 20.4. The van der Waals surface area contributed by atoms with Gasteiger partial charge in [-0.05, 0) is 39.3 Å². The molecule has 2 aromatic rings. The molecule has 0 fully saturated rings. The number of nitrogens with zero attached hydrogens (tertiary/aromatic N) is 4. The number of aromatic nitrogens is 4. The Hall–Kier alpha value is -2.94. The van der Waals surface area contributed by atoms with Crippen LogP contribution in [0.5, 0.6) is 0 Å². The van der Waals surface area contributed by atoms with Crippen LogP contribution in [0, 0.1) is 0 Å². The summed E-state index contributed by atoms with van der Waals surface area (Å²) in [6.45, 7) is 5.03. The number of hydrogen-bond donors (Lipinski definition) is 3. The molecule has 2 aromatic heterocycles. The highest BCUT2D eigenvalue weighted by atomic mass is 19.4. The molecule has 3 N–H and O–H groups in total. The lowest BCUT2D eigenvalue weighted by Gasteiger charge is -2.36. The maximum atomic E-state index is 14.8. The van der Waals surface area contributed by atoms with E-state index in [1.165, 1.54) is 6.07 Å². The molecule has 0 bridgehead atoms. The molecule has 0 saturated carbocycles. The second-order valence-corrected chi connectivity index (χ2v) is 8.44. The highest BCUT2D eigenvalue weighted by molar-refractivity contribution is 6.18. The predicted molar refractivity (Wildman–Crippen MR) is 110 cm³/mol. The molecule has 0 spiro atoms. The first-order chi connectivity index (χ1) is 15.5. The lowest BCUT2D eigenvalue weighted by atomic mass is 9.68. The fourth-order valence-electron chi connectivity index (χ4n) is 2.79. The normalized spacial score (nSPS) is 20.9. The number of alkyl halides is 5. The van der Waals surface area contributed by atoms with Crippen molar-refractivity contribution in [3.05, 3.63) is 35.7 Å². The Labute approximate surface area is 191 Å². The molecule has 3 rings (SSSR count). The van der Waals surface area contributed by atoms with Crippen LogP contribution in [-0.4, -0.2) is 49.9 Å². The van der Waals surface area contributed by atoms with Crippen molar-refractivity contribution in [3.63, 3.8) is 0 Å². The molecule has 0 saturated heterocycles. The Morgan fingerprint density at radius 3 is 2.38 bits per heavy atom. The number of nitrogens with one attached hydrogen (secondary N) is 2. The summed E-state index contributed by atoms with van der Waals surface area (Å²) < 4.78 is 81.5. The Kier molecular flexibility index (Phi) is 6.56. The van der Waals surface area contributed by atoms with Gasteiger partial charge >= 0.3 is 6.18 Å². The van der Waals surface area contributed by atoms with E-state index < -0.39 is 59.0 Å². The fourth-order valence-corrected chi connectivity index (χ4v) is 2.79. The maximum Gasteiger partial charge on any atom is 0.433 e. The number of pyridine rings is 1. The monoisotopic (exact) mass is 488 g/mol. The Morgan fingerprint density at radius 2 is 1.76 bits per heavy atom. The van der Waals surface area contributed by atoms with Crippen molar-refractivity contribution in [1.82, 2.24) is 19.9 Å². The van der Waals surface area contributed by atoms with Crippen LogP contribution in [-0.2, 0) is 11.0 Å². The molecule has 8 nitrogen and oxygen atoms in total. The van der Waals surface area contributed by atoms with Crippen molar-refractivity contribution in [1.29, 1.82) is 0 Å². The summed E-state index contributed by atoms with van der Waals surface area (Å²) in [6, 6.07) is 1.87. The van der Waals surface area contributed by atoms with Crippen LogP contribution in [0.3, 0.4) is 0 Å². The minimum Gasteiger partial charge on any atom is -0.387 e. The molecule has 0 unspecified atom stereocenters. The highest BCUT2D eigenvalue weighted by Crippen LogP contribution is 2.46. The van der Waals surface area contributed by atoms with E-state index in [0.29, 0.717) is 6.07 Å². The van der Waals surface area contributed by atoms with Gasteiger partial charge in [-0.25, -0.2) is 18.7 Å². The molecule has 0 aromatic carbocycles. The van der Waals surface area contributed by atoms with Gasteiger partial charge in [0.25, 0.3) is 11.9 Å². The van der Waals surface area contributed by atoms with E-state index in [4.69, 9.17) is 12.7 Å². The summed E-state index contributed by atoms with van der Waals surface area (Å²) in [7, 11) is 5.13. The topological polar surface area (TPSA) is 105 Å². The van der Waals surface area contributed by atoms with E-state index in [1.807, 2.05) is 0 Å². The average Bonchev–Trinajstić information content (AvgIpc) is 2.70. The Bertz CT molecular complexity index is 1100. The van der Waals surface area contributed by atoms with E-state index in [1.54, 1.807) is 20.8 Å². The van der Waals surface area contributed by atoms with Crippen LogP contribution in [0.25, 0.3) is 5.57 Å². The molecule has 182 valence electrons. The van der Waals surface area contributed by atoms with Gasteiger partial charge in [-0.1, -0.05) is 0 Å². The Morgan fingerprint density at radius 1 is 1.12 bits per heavy atom. The number of rotatable bonds is 5. The van der Waals surface area contributed by atoms with Crippen molar-refractivity contribution in [2.24, 2.45) is 0 Å². The van der Waals surface area contributed by atoms with Crippen LogP contribution in [0.1, 0.15) is 45.1 Å². The van der Waals surface area contributed by atoms with Crippen LogP contribution in [0.4, 0.5) is 43.9 Å². The molecule has 2 radical (unpaired) electrons. The van der Waals surface area contributed by atoms with Crippen LogP contribution >= 0.6 is 0 Å². The minimum absolute atomic E-state index is 0.123. The van der Waals surface area contributed by atoms with Crippen molar-refractivity contribution in [2.75, 3.05) is 10.8 Å². The number of hydrogen-bond acceptors (Lipinski definition) is 8. The second-order valence-electron chi connectivity index (χ2n) is 8.44. The molecule has 1 aliphatic carbocycles. The van der Waals surface area contributed by atoms with Gasteiger partial charge in [0.2, 0.25) is 5.95 Å². The largest absolute Gasteiger partial charge is 0.433 e. The van der Waals surface area contributed by atoms with Crippen molar-refractivity contribution < 1.29 is 36.3 Å². The van der Waals surface area contributed by atoms with E-state index in [-0.39, 0.29) is 17.6 Å². The van der Waals surface area contributed by atoms with Gasteiger partial charge in [0.15, 0.2) is 5.82 Å². The predicted octanol–water partition coefficient (Wildman–Crippen LogP) is 4.14. The molecule has 1 aliphatic rings. The molecule has 15 heteroatoms. The van der Waals surface area contributed by atoms with E-state index in [9.17, 15) is 31.4 Å². The van der Waals surface area contributed by atoms with E-state index >= 15 is 0 Å². The van der Waals surface area contributed by atoms with Crippen molar-refractivity contribution in [2.45, 2.75) is 56.8 Å². The number of anilines is 3. The average molecular weight is 488 g/mol. The van der Waals surface area contributed by atoms with Gasteiger partial charge in [-0.2, -0.15) is 28.1 Å². The number of aliphatic hydroxyl groups is 1. The van der Waals surface area contributed by atoms with Crippen molar-refractivity contribution >= 4 is 31.0 Å². The minimum atomic E-state index is -4.72. The molecule has 1 atom stereocenters. The molecular weight excluding hydrogens is 469 g/mol. The van der Waals surface area contributed by atoms with Crippen LogP contribution < -0.4 is 10.8 Å². The van der Waals surface area contributed by atoms with Crippen LogP contribution in [0.2, 0.25) is 0 Å². The zero-order valence-electron chi connectivity index (χ0n) is 18.1. The lowest BCUT2D eigenvalue weighted by Crippen LogP contribution is -2.51. The standard InChI is InChI=1S/C19H19BF6N6O2/c1-16(2,3)34-32-15-30-13(10-4-6-17(22,23)18(20,33)12(10)21)29-14(31-15)28-9-5-7-27-11(8-9)19(24,25)26/h5,7-8,33H,4,6H2,1-3H3,(H2,27,28,29,30,31,32)/t18-/m0/s1. The fraction of sp³-hybridized carbons (Fsp3) is 0.474. The van der Waals surface area contributed by atoms with Gasteiger partial charge in [-0.3, -0.25) is 9.82 Å². The van der Waals surface area contributed by atoms with Crippen molar-refractivity contribution in [3.8, 4) is 0 Å². The zero-order valence-corrected chi connectivity index (χ0v) is 18.1. The Balaban J connectivity index is 2.05. The highest BCUT2D eigenvalue weighted by Gasteiger charge is 2.55. The van der Waals surface area contributed by atoms with Gasteiger partial charge in [0.1, 0.15) is 24.9 Å². The van der Waals surface area contributed by atoms with Gasteiger partial charge in [-0.15, -0.1) is 0 Å². The zero-order chi connectivity index (χ0) is 25.5. The molecule has 34 heavy (non-hydrogen) atoms. The summed E-state index contributed by atoms with van der Waals surface area (Å²) in [6.07, 6.45) is -5.41. The SMILES string of the molecule is [B][C@]1(O)C(F)=C(c2nc(NOC(C)(C)C)nc(Nc3ccnc(C(F)(F)F)c3)n2)CCC1(F)F. The molecular formula is C19H19BF6N6O2. The second kappa shape index (κ2) is 8.69. The summed E-state index contributed by atoms with van der Waals surface area (Å²) in [5.41, 5.74) is -3.79. The summed E-state index contributed by atoms with van der Waals surface area (Å²) in [5, 5.41) is 12.3.